The molecular weight excluding hydrogens is 256 g/mol. The summed E-state index contributed by atoms with van der Waals surface area (Å²) in [4.78, 5) is 14.0. The number of methoxy groups -OCH3 is 1. The van der Waals surface area contributed by atoms with Crippen molar-refractivity contribution >= 4 is 5.91 Å². The lowest BCUT2D eigenvalue weighted by Gasteiger charge is -2.24. The highest BCUT2D eigenvalue weighted by molar-refractivity contribution is 5.78. The molecule has 0 unspecified atom stereocenters. The fourth-order valence-corrected chi connectivity index (χ4v) is 2.71. The number of amides is 1. The second-order valence-electron chi connectivity index (χ2n) is 5.60. The third-order valence-electron chi connectivity index (χ3n) is 3.87. The number of hydrogen-bond acceptors (Lipinski definition) is 4. The lowest BCUT2D eigenvalue weighted by Crippen LogP contribution is -2.44. The average Bonchev–Trinajstić information content (AvgIpc) is 2.39. The molecule has 20 heavy (non-hydrogen) atoms. The normalized spacial score (nSPS) is 17.8. The van der Waals surface area contributed by atoms with Crippen LogP contribution in [0, 0.1) is 0 Å². The van der Waals surface area contributed by atoms with Gasteiger partial charge in [-0.25, -0.2) is 0 Å². The van der Waals surface area contributed by atoms with Crippen LogP contribution in [0.2, 0.25) is 0 Å². The molecule has 5 heteroatoms. The number of aliphatic hydroxyl groups excluding tert-OH is 1. The van der Waals surface area contributed by atoms with Gasteiger partial charge in [0.25, 0.3) is 0 Å². The second kappa shape index (κ2) is 11.1. The van der Waals surface area contributed by atoms with Crippen LogP contribution in [0.15, 0.2) is 0 Å². The lowest BCUT2D eigenvalue weighted by atomic mass is 9.97. The molecule has 1 rings (SSSR count). The van der Waals surface area contributed by atoms with E-state index in [2.05, 4.69) is 5.32 Å². The van der Waals surface area contributed by atoms with Gasteiger partial charge in [0.15, 0.2) is 0 Å². The standard InChI is InChI=1S/C15H30N2O3/c1-20-12-10-17(9-11-18)13-15(19)16-14-7-5-3-2-4-6-8-14/h14,18H,2-13H2,1H3,(H,16,19). The number of nitrogens with one attached hydrogen (secondary N) is 1. The van der Waals surface area contributed by atoms with Crippen LogP contribution in [-0.4, -0.2) is 61.9 Å². The highest BCUT2D eigenvalue weighted by atomic mass is 16.5. The van der Waals surface area contributed by atoms with Crippen LogP contribution in [0.5, 0.6) is 0 Å². The summed E-state index contributed by atoms with van der Waals surface area (Å²) in [5.74, 6) is 0.0696. The third kappa shape index (κ3) is 7.82. The van der Waals surface area contributed by atoms with E-state index in [9.17, 15) is 4.79 Å². The largest absolute Gasteiger partial charge is 0.395 e. The Balaban J connectivity index is 2.30. The molecule has 5 nitrogen and oxygen atoms in total. The quantitative estimate of drug-likeness (QED) is 0.703. The summed E-state index contributed by atoms with van der Waals surface area (Å²) in [6.45, 7) is 2.19. The molecule has 0 saturated heterocycles. The van der Waals surface area contributed by atoms with Crippen molar-refractivity contribution in [1.82, 2.24) is 10.2 Å². The van der Waals surface area contributed by atoms with Crippen molar-refractivity contribution in [3.63, 3.8) is 0 Å². The van der Waals surface area contributed by atoms with Crippen molar-refractivity contribution in [2.75, 3.05) is 40.0 Å². The molecule has 1 amide bonds. The molecule has 118 valence electrons. The van der Waals surface area contributed by atoms with E-state index in [0.717, 1.165) is 12.8 Å². The van der Waals surface area contributed by atoms with Crippen LogP contribution in [0.1, 0.15) is 44.9 Å². The van der Waals surface area contributed by atoms with Gasteiger partial charge in [0, 0.05) is 26.2 Å². The first kappa shape index (κ1) is 17.4. The maximum atomic E-state index is 12.1. The van der Waals surface area contributed by atoms with Crippen molar-refractivity contribution < 1.29 is 14.6 Å². The highest BCUT2D eigenvalue weighted by Crippen LogP contribution is 2.16. The van der Waals surface area contributed by atoms with E-state index in [1.165, 1.54) is 32.1 Å². The van der Waals surface area contributed by atoms with Crippen LogP contribution in [0.3, 0.4) is 0 Å². The number of rotatable bonds is 8. The van der Waals surface area contributed by atoms with E-state index in [1.807, 2.05) is 4.90 Å². The average molecular weight is 286 g/mol. The summed E-state index contributed by atoms with van der Waals surface area (Å²) < 4.78 is 5.03. The summed E-state index contributed by atoms with van der Waals surface area (Å²) in [6, 6.07) is 0.334. The van der Waals surface area contributed by atoms with Crippen molar-refractivity contribution in [2.24, 2.45) is 0 Å². The molecule has 0 bridgehead atoms. The highest BCUT2D eigenvalue weighted by Gasteiger charge is 2.16. The van der Waals surface area contributed by atoms with Gasteiger partial charge in [-0.2, -0.15) is 0 Å². The molecule has 0 aromatic carbocycles. The lowest BCUT2D eigenvalue weighted by molar-refractivity contribution is -0.123. The van der Waals surface area contributed by atoms with Gasteiger partial charge < -0.3 is 15.2 Å². The molecule has 2 N–H and O–H groups in total. The van der Waals surface area contributed by atoms with E-state index >= 15 is 0 Å². The maximum Gasteiger partial charge on any atom is 0.234 e. The van der Waals surface area contributed by atoms with Crippen LogP contribution >= 0.6 is 0 Å². The number of nitrogens with zero attached hydrogens (tertiary/aromatic N) is 1. The third-order valence-corrected chi connectivity index (χ3v) is 3.87. The van der Waals surface area contributed by atoms with Crippen molar-refractivity contribution in [3.8, 4) is 0 Å². The van der Waals surface area contributed by atoms with E-state index in [0.29, 0.717) is 32.3 Å². The molecule has 1 aliphatic carbocycles. The van der Waals surface area contributed by atoms with Gasteiger partial charge in [0.1, 0.15) is 0 Å². The minimum atomic E-state index is 0.0696. The fraction of sp³-hybridized carbons (Fsp3) is 0.933. The van der Waals surface area contributed by atoms with E-state index in [1.54, 1.807) is 7.11 Å². The minimum absolute atomic E-state index is 0.0696. The Labute approximate surface area is 122 Å². The van der Waals surface area contributed by atoms with Gasteiger partial charge in [-0.3, -0.25) is 9.69 Å². The Bertz CT molecular complexity index is 245. The monoisotopic (exact) mass is 286 g/mol. The molecule has 0 aromatic rings. The van der Waals surface area contributed by atoms with Gasteiger partial charge in [-0.1, -0.05) is 32.1 Å². The molecule has 1 saturated carbocycles. The summed E-state index contributed by atoms with van der Waals surface area (Å²) in [7, 11) is 1.64. The van der Waals surface area contributed by atoms with E-state index in [-0.39, 0.29) is 12.5 Å². The van der Waals surface area contributed by atoms with Crippen molar-refractivity contribution in [3.05, 3.63) is 0 Å². The van der Waals surface area contributed by atoms with Gasteiger partial charge >= 0.3 is 0 Å². The fourth-order valence-electron chi connectivity index (χ4n) is 2.71. The summed E-state index contributed by atoms with van der Waals surface area (Å²) in [6.07, 6.45) is 8.55. The van der Waals surface area contributed by atoms with Crippen LogP contribution in [0.4, 0.5) is 0 Å². The number of ether oxygens (including phenoxy) is 1. The molecule has 1 aliphatic rings. The summed E-state index contributed by atoms with van der Waals surface area (Å²) in [5, 5.41) is 12.2. The zero-order valence-corrected chi connectivity index (χ0v) is 12.8. The molecule has 0 heterocycles. The van der Waals surface area contributed by atoms with Gasteiger partial charge in [0.2, 0.25) is 5.91 Å². The zero-order chi connectivity index (χ0) is 14.6. The zero-order valence-electron chi connectivity index (χ0n) is 12.8. The first-order valence-electron chi connectivity index (χ1n) is 7.87. The van der Waals surface area contributed by atoms with Gasteiger partial charge in [-0.05, 0) is 12.8 Å². The molecular formula is C15H30N2O3. The topological polar surface area (TPSA) is 61.8 Å². The summed E-state index contributed by atoms with van der Waals surface area (Å²) in [5.41, 5.74) is 0. The maximum absolute atomic E-state index is 12.1. The van der Waals surface area contributed by atoms with Crippen LogP contribution in [0.25, 0.3) is 0 Å². The number of carbonyl (C=O) groups is 1. The Hall–Kier alpha value is -0.650. The molecule has 0 atom stereocenters. The number of hydrogen-bond donors (Lipinski definition) is 2. The molecule has 0 aromatic heterocycles. The molecule has 0 aliphatic heterocycles. The van der Waals surface area contributed by atoms with Gasteiger partial charge in [0.05, 0.1) is 19.8 Å². The Kier molecular flexibility index (Phi) is 9.62. The second-order valence-corrected chi connectivity index (χ2v) is 5.60. The molecule has 0 radical (unpaired) electrons. The summed E-state index contributed by atoms with van der Waals surface area (Å²) >= 11 is 0. The van der Waals surface area contributed by atoms with Crippen LogP contribution in [-0.2, 0) is 9.53 Å². The Morgan fingerprint density at radius 3 is 2.45 bits per heavy atom. The van der Waals surface area contributed by atoms with Crippen molar-refractivity contribution in [2.45, 2.75) is 51.0 Å². The smallest absolute Gasteiger partial charge is 0.234 e. The minimum Gasteiger partial charge on any atom is -0.395 e. The molecule has 0 spiro atoms. The van der Waals surface area contributed by atoms with E-state index in [4.69, 9.17) is 9.84 Å². The van der Waals surface area contributed by atoms with E-state index < -0.39 is 0 Å². The first-order chi connectivity index (χ1) is 9.76. The molecule has 1 fully saturated rings. The van der Waals surface area contributed by atoms with Crippen LogP contribution < -0.4 is 5.32 Å². The number of carbonyl (C=O) groups excluding carboxylic acids is 1. The predicted molar refractivity (Wildman–Crippen MR) is 79.7 cm³/mol. The Morgan fingerprint density at radius 2 is 1.85 bits per heavy atom. The predicted octanol–water partition coefficient (Wildman–Crippen LogP) is 1.16. The van der Waals surface area contributed by atoms with Crippen molar-refractivity contribution in [1.29, 1.82) is 0 Å². The SMILES string of the molecule is COCCN(CCO)CC(=O)NC1CCCCCCC1. The number of aliphatic hydroxyl groups is 1. The van der Waals surface area contributed by atoms with Gasteiger partial charge in [-0.15, -0.1) is 0 Å². The Morgan fingerprint density at radius 1 is 1.20 bits per heavy atom. The first-order valence-corrected chi connectivity index (χ1v) is 7.87.